The van der Waals surface area contributed by atoms with E-state index in [9.17, 15) is 9.46 Å². The largest absolute Gasteiger partial charge is 0.527 e. The summed E-state index contributed by atoms with van der Waals surface area (Å²) in [6.45, 7) is 7.97. The van der Waals surface area contributed by atoms with E-state index in [2.05, 4.69) is 6.92 Å². The number of hydrogen-bond donors (Lipinski definition) is 1. The van der Waals surface area contributed by atoms with E-state index in [-0.39, 0.29) is 6.61 Å². The molecule has 1 aromatic rings. The lowest BCUT2D eigenvalue weighted by molar-refractivity contribution is 0.162. The van der Waals surface area contributed by atoms with Crippen molar-refractivity contribution in [3.05, 3.63) is 30.3 Å². The van der Waals surface area contributed by atoms with Crippen LogP contribution in [0.25, 0.3) is 0 Å². The Kier molecular flexibility index (Phi) is 12.3. The van der Waals surface area contributed by atoms with Crippen molar-refractivity contribution in [2.75, 3.05) is 19.8 Å². The molecule has 0 saturated heterocycles. The molecule has 6 heteroatoms. The molecule has 0 saturated carbocycles. The molecule has 1 rings (SSSR count). The predicted octanol–water partition coefficient (Wildman–Crippen LogP) is 4.42. The predicted molar refractivity (Wildman–Crippen MR) is 84.5 cm³/mol. The van der Waals surface area contributed by atoms with Gasteiger partial charge in [0.2, 0.25) is 0 Å². The molecule has 0 heterocycles. The number of phosphoric ester groups is 1. The van der Waals surface area contributed by atoms with Crippen LogP contribution >= 0.6 is 7.82 Å². The summed E-state index contributed by atoms with van der Waals surface area (Å²) < 4.78 is 26.0. The second kappa shape index (κ2) is 12.8. The first-order valence-corrected chi connectivity index (χ1v) is 8.85. The summed E-state index contributed by atoms with van der Waals surface area (Å²) in [6, 6.07) is 8.48. The van der Waals surface area contributed by atoms with Gasteiger partial charge < -0.3 is 9.26 Å². The van der Waals surface area contributed by atoms with Gasteiger partial charge in [-0.1, -0.05) is 38.0 Å². The highest BCUT2D eigenvalue weighted by Crippen LogP contribution is 2.43. The Morgan fingerprint density at radius 1 is 1.05 bits per heavy atom. The molecular formula is C15H27O5P. The van der Waals surface area contributed by atoms with Crippen molar-refractivity contribution in [3.63, 3.8) is 0 Å². The van der Waals surface area contributed by atoms with Crippen LogP contribution in [0.15, 0.2) is 30.3 Å². The molecule has 5 nitrogen and oxygen atoms in total. The fraction of sp³-hybridized carbons (Fsp3) is 0.600. The first-order valence-electron chi connectivity index (χ1n) is 7.35. The molecule has 0 spiro atoms. The van der Waals surface area contributed by atoms with E-state index >= 15 is 0 Å². The minimum Gasteiger partial charge on any atom is -0.404 e. The van der Waals surface area contributed by atoms with Gasteiger partial charge >= 0.3 is 7.82 Å². The second-order valence-corrected chi connectivity index (χ2v) is 5.57. The van der Waals surface area contributed by atoms with Gasteiger partial charge in [-0.3, -0.25) is 9.42 Å². The zero-order valence-corrected chi connectivity index (χ0v) is 14.1. The monoisotopic (exact) mass is 318 g/mol. The van der Waals surface area contributed by atoms with Crippen LogP contribution in [-0.2, 0) is 13.8 Å². The quantitative estimate of drug-likeness (QED) is 0.539. The normalized spacial score (nSPS) is 13.0. The third-order valence-electron chi connectivity index (χ3n) is 2.37. The molecule has 0 radical (unpaired) electrons. The molecule has 1 N–H and O–H groups in total. The number of unbranched alkanes of at least 4 members (excludes halogenated alkanes) is 2. The van der Waals surface area contributed by atoms with E-state index in [0.717, 1.165) is 32.5 Å². The van der Waals surface area contributed by atoms with Crippen LogP contribution in [0, 0.1) is 0 Å². The third-order valence-corrected chi connectivity index (χ3v) is 3.32. The smallest absolute Gasteiger partial charge is 0.404 e. The second-order valence-electron chi connectivity index (χ2n) is 4.19. The molecule has 122 valence electrons. The van der Waals surface area contributed by atoms with Crippen molar-refractivity contribution in [3.8, 4) is 5.75 Å². The molecule has 0 fully saturated rings. The van der Waals surface area contributed by atoms with Crippen LogP contribution < -0.4 is 4.52 Å². The molecule has 1 atom stereocenters. The van der Waals surface area contributed by atoms with E-state index in [1.807, 2.05) is 13.8 Å². The van der Waals surface area contributed by atoms with Gasteiger partial charge in [0.25, 0.3) is 0 Å². The van der Waals surface area contributed by atoms with Crippen molar-refractivity contribution in [1.29, 1.82) is 0 Å². The molecular weight excluding hydrogens is 291 g/mol. The van der Waals surface area contributed by atoms with Gasteiger partial charge in [-0.25, -0.2) is 4.57 Å². The lowest BCUT2D eigenvalue weighted by Gasteiger charge is -2.12. The van der Waals surface area contributed by atoms with Crippen LogP contribution in [0.5, 0.6) is 5.75 Å². The Hall–Kier alpha value is -0.870. The number of benzene rings is 1. The van der Waals surface area contributed by atoms with Crippen molar-refractivity contribution in [2.45, 2.75) is 40.0 Å². The molecule has 0 aliphatic carbocycles. The summed E-state index contributed by atoms with van der Waals surface area (Å²) in [4.78, 5) is 9.38. The number of hydrogen-bond acceptors (Lipinski definition) is 4. The summed E-state index contributed by atoms with van der Waals surface area (Å²) in [5.41, 5.74) is 0. The minimum absolute atomic E-state index is 0.244. The Balaban J connectivity index is 0.000000690. The highest BCUT2D eigenvalue weighted by Gasteiger charge is 2.22. The SMILES string of the molecule is CCCCCOP(=O)(O)Oc1ccccc1.CCOCC. The zero-order valence-electron chi connectivity index (χ0n) is 13.2. The summed E-state index contributed by atoms with van der Waals surface area (Å²) in [7, 11) is -3.95. The Labute approximate surface area is 127 Å². The maximum absolute atomic E-state index is 11.5. The van der Waals surface area contributed by atoms with Gasteiger partial charge in [0.15, 0.2) is 0 Å². The summed E-state index contributed by atoms with van der Waals surface area (Å²) >= 11 is 0. The van der Waals surface area contributed by atoms with E-state index in [4.69, 9.17) is 13.8 Å². The van der Waals surface area contributed by atoms with Crippen LogP contribution in [0.4, 0.5) is 0 Å². The van der Waals surface area contributed by atoms with Gasteiger partial charge in [-0.15, -0.1) is 0 Å². The Morgan fingerprint density at radius 2 is 1.67 bits per heavy atom. The summed E-state index contributed by atoms with van der Waals surface area (Å²) in [5.74, 6) is 0.337. The maximum atomic E-state index is 11.5. The minimum atomic E-state index is -3.95. The van der Waals surface area contributed by atoms with Gasteiger partial charge in [-0.2, -0.15) is 0 Å². The standard InChI is InChI=1S/C11H17O4P.C4H10O/c1-2-3-7-10-14-16(12,13)15-11-8-5-4-6-9-11;1-3-5-4-2/h4-6,8-9H,2-3,7,10H2,1H3,(H,12,13);3-4H2,1-2H3. The molecule has 0 bridgehead atoms. The highest BCUT2D eigenvalue weighted by atomic mass is 31.2. The fourth-order valence-electron chi connectivity index (χ4n) is 1.38. The first kappa shape index (κ1) is 20.1. The zero-order chi connectivity index (χ0) is 16.0. The number of para-hydroxylation sites is 1. The lowest BCUT2D eigenvalue weighted by Crippen LogP contribution is -1.99. The molecule has 0 aromatic heterocycles. The fourth-order valence-corrected chi connectivity index (χ4v) is 2.18. The molecule has 1 aromatic carbocycles. The van der Waals surface area contributed by atoms with Crippen LogP contribution in [0.2, 0.25) is 0 Å². The molecule has 0 aliphatic rings. The van der Waals surface area contributed by atoms with Gasteiger partial charge in [0.1, 0.15) is 5.75 Å². The van der Waals surface area contributed by atoms with Gasteiger partial charge in [0.05, 0.1) is 6.61 Å². The Morgan fingerprint density at radius 3 is 2.14 bits per heavy atom. The number of phosphoric acid groups is 1. The van der Waals surface area contributed by atoms with Crippen LogP contribution in [0.1, 0.15) is 40.0 Å². The Bertz CT molecular complexity index is 381. The van der Waals surface area contributed by atoms with Crippen molar-refractivity contribution < 1.29 is 23.2 Å². The van der Waals surface area contributed by atoms with Crippen molar-refractivity contribution in [1.82, 2.24) is 0 Å². The van der Waals surface area contributed by atoms with Crippen LogP contribution in [0.3, 0.4) is 0 Å². The van der Waals surface area contributed by atoms with Gasteiger partial charge in [0, 0.05) is 13.2 Å². The first-order chi connectivity index (χ1) is 10.1. The molecule has 1 unspecified atom stereocenters. The van der Waals surface area contributed by atoms with Crippen LogP contribution in [-0.4, -0.2) is 24.7 Å². The molecule has 21 heavy (non-hydrogen) atoms. The van der Waals surface area contributed by atoms with Gasteiger partial charge in [-0.05, 0) is 32.4 Å². The highest BCUT2D eigenvalue weighted by molar-refractivity contribution is 7.47. The summed E-state index contributed by atoms with van der Waals surface area (Å²) in [5, 5.41) is 0. The average Bonchev–Trinajstić information content (AvgIpc) is 2.46. The van der Waals surface area contributed by atoms with Crippen molar-refractivity contribution in [2.24, 2.45) is 0 Å². The third kappa shape index (κ3) is 12.6. The van der Waals surface area contributed by atoms with E-state index in [1.54, 1.807) is 30.3 Å². The molecule has 0 amide bonds. The maximum Gasteiger partial charge on any atom is 0.527 e. The van der Waals surface area contributed by atoms with E-state index < -0.39 is 7.82 Å². The van der Waals surface area contributed by atoms with Crippen molar-refractivity contribution >= 4 is 7.82 Å². The number of ether oxygens (including phenoxy) is 1. The molecule has 0 aliphatic heterocycles. The summed E-state index contributed by atoms with van der Waals surface area (Å²) in [6.07, 6.45) is 2.78. The lowest BCUT2D eigenvalue weighted by atomic mass is 10.3. The topological polar surface area (TPSA) is 65.0 Å². The number of rotatable bonds is 9. The van der Waals surface area contributed by atoms with E-state index in [0.29, 0.717) is 5.75 Å². The average molecular weight is 318 g/mol. The van der Waals surface area contributed by atoms with E-state index in [1.165, 1.54) is 0 Å².